The lowest BCUT2D eigenvalue weighted by Gasteiger charge is -2.26. The van der Waals surface area contributed by atoms with Crippen LogP contribution in [0.4, 0.5) is 11.4 Å². The summed E-state index contributed by atoms with van der Waals surface area (Å²) in [6.45, 7) is 4.33. The van der Waals surface area contributed by atoms with E-state index in [1.807, 2.05) is 41.3 Å². The van der Waals surface area contributed by atoms with Crippen molar-refractivity contribution in [3.05, 3.63) is 59.7 Å². The lowest BCUT2D eigenvalue weighted by Crippen LogP contribution is -2.29. The summed E-state index contributed by atoms with van der Waals surface area (Å²) in [6, 6.07) is 16.2. The van der Waals surface area contributed by atoms with Crippen molar-refractivity contribution < 1.29 is 9.59 Å². The van der Waals surface area contributed by atoms with Crippen molar-refractivity contribution in [2.75, 3.05) is 16.0 Å². The summed E-state index contributed by atoms with van der Waals surface area (Å²) in [4.78, 5) is 26.8. The fraction of sp³-hybridized carbons (Fsp3) is 0.391. The molecule has 2 fully saturated rings. The Balaban J connectivity index is 1.56. The number of anilines is 2. The monoisotopic (exact) mass is 394 g/mol. The number of rotatable bonds is 5. The van der Waals surface area contributed by atoms with Crippen molar-refractivity contribution >= 4 is 35.0 Å². The third kappa shape index (κ3) is 3.81. The van der Waals surface area contributed by atoms with E-state index in [2.05, 4.69) is 31.3 Å². The third-order valence-corrected chi connectivity index (χ3v) is 6.83. The lowest BCUT2D eigenvalue weighted by atomic mass is 9.85. The van der Waals surface area contributed by atoms with E-state index in [9.17, 15) is 9.59 Å². The molecule has 5 heteroatoms. The van der Waals surface area contributed by atoms with Crippen molar-refractivity contribution in [2.24, 2.45) is 5.92 Å². The Labute approximate surface area is 170 Å². The summed E-state index contributed by atoms with van der Waals surface area (Å²) >= 11 is 1.63. The van der Waals surface area contributed by atoms with Gasteiger partial charge in [0.05, 0.1) is 5.75 Å². The van der Waals surface area contributed by atoms with E-state index in [0.717, 1.165) is 36.2 Å². The maximum Gasteiger partial charge on any atom is 0.238 e. The van der Waals surface area contributed by atoms with Gasteiger partial charge in [-0.15, -0.1) is 11.8 Å². The summed E-state index contributed by atoms with van der Waals surface area (Å²) in [5, 5.41) is 2.97. The first kappa shape index (κ1) is 19.1. The lowest BCUT2D eigenvalue weighted by molar-refractivity contribution is -0.122. The highest BCUT2D eigenvalue weighted by Crippen LogP contribution is 2.42. The van der Waals surface area contributed by atoms with Gasteiger partial charge in [0, 0.05) is 17.3 Å². The first-order chi connectivity index (χ1) is 13.5. The number of hydrogen-bond acceptors (Lipinski definition) is 3. The van der Waals surface area contributed by atoms with E-state index in [0.29, 0.717) is 11.7 Å². The normalized spacial score (nSPS) is 19.8. The smallest absolute Gasteiger partial charge is 0.238 e. The highest BCUT2D eigenvalue weighted by molar-refractivity contribution is 8.00. The standard InChI is InChI=1S/C23H26N2O2S/c1-15(2)16-9-11-20(12-10-16)25-21(26)14-28-23(25)18-7-4-8-19(13-18)24-22(27)17-5-3-6-17/h4,7-13,15,17,23H,3,5-6,14H2,1-2H3,(H,24,27)/t23-/m1/s1. The molecule has 1 saturated carbocycles. The largest absolute Gasteiger partial charge is 0.326 e. The van der Waals surface area contributed by atoms with Gasteiger partial charge in [0.15, 0.2) is 0 Å². The number of thioether (sulfide) groups is 1. The molecule has 2 aromatic carbocycles. The molecule has 1 saturated heterocycles. The summed E-state index contributed by atoms with van der Waals surface area (Å²) in [5.41, 5.74) is 4.04. The van der Waals surface area contributed by atoms with Gasteiger partial charge in [0.2, 0.25) is 11.8 Å². The molecule has 146 valence electrons. The van der Waals surface area contributed by atoms with Gasteiger partial charge in [-0.1, -0.05) is 44.5 Å². The Morgan fingerprint density at radius 1 is 1.14 bits per heavy atom. The van der Waals surface area contributed by atoms with Crippen LogP contribution in [0.15, 0.2) is 48.5 Å². The molecule has 1 aliphatic heterocycles. The maximum atomic E-state index is 12.6. The first-order valence-corrected chi connectivity index (χ1v) is 11.0. The molecule has 0 radical (unpaired) electrons. The Bertz CT molecular complexity index is 874. The van der Waals surface area contributed by atoms with Crippen molar-refractivity contribution in [2.45, 2.75) is 44.4 Å². The highest BCUT2D eigenvalue weighted by atomic mass is 32.2. The van der Waals surface area contributed by atoms with Gasteiger partial charge in [0.1, 0.15) is 5.37 Å². The number of carbonyl (C=O) groups excluding carboxylic acids is 2. The second-order valence-electron chi connectivity index (χ2n) is 7.92. The zero-order valence-corrected chi connectivity index (χ0v) is 17.2. The molecule has 0 aromatic heterocycles. The van der Waals surface area contributed by atoms with Crippen LogP contribution < -0.4 is 10.2 Å². The zero-order valence-electron chi connectivity index (χ0n) is 16.4. The van der Waals surface area contributed by atoms with Gasteiger partial charge >= 0.3 is 0 Å². The molecule has 2 amide bonds. The molecule has 0 bridgehead atoms. The minimum absolute atomic E-state index is 0.0713. The fourth-order valence-electron chi connectivity index (χ4n) is 3.65. The average Bonchev–Trinajstić information content (AvgIpc) is 3.02. The number of benzene rings is 2. The predicted octanol–water partition coefficient (Wildman–Crippen LogP) is 5.33. The van der Waals surface area contributed by atoms with Crippen LogP contribution >= 0.6 is 11.8 Å². The minimum Gasteiger partial charge on any atom is -0.326 e. The molecule has 2 aromatic rings. The van der Waals surface area contributed by atoms with E-state index in [4.69, 9.17) is 0 Å². The number of nitrogens with zero attached hydrogens (tertiary/aromatic N) is 1. The molecule has 1 atom stereocenters. The van der Waals surface area contributed by atoms with Crippen molar-refractivity contribution in [3.8, 4) is 0 Å². The van der Waals surface area contributed by atoms with Crippen molar-refractivity contribution in [1.82, 2.24) is 0 Å². The Kier molecular flexibility index (Phi) is 5.44. The van der Waals surface area contributed by atoms with Gasteiger partial charge in [-0.05, 0) is 54.2 Å². The number of amides is 2. The molecule has 2 aliphatic rings. The van der Waals surface area contributed by atoms with Crippen LogP contribution in [0.1, 0.15) is 55.5 Å². The van der Waals surface area contributed by atoms with Crippen LogP contribution in [0, 0.1) is 5.92 Å². The number of nitrogens with one attached hydrogen (secondary N) is 1. The molecule has 28 heavy (non-hydrogen) atoms. The van der Waals surface area contributed by atoms with Gasteiger partial charge in [-0.25, -0.2) is 0 Å². The summed E-state index contributed by atoms with van der Waals surface area (Å²) in [6.07, 6.45) is 3.11. The van der Waals surface area contributed by atoms with E-state index >= 15 is 0 Å². The zero-order chi connectivity index (χ0) is 19.7. The number of hydrogen-bond donors (Lipinski definition) is 1. The van der Waals surface area contributed by atoms with Gasteiger partial charge in [0.25, 0.3) is 0 Å². The van der Waals surface area contributed by atoms with Crippen LogP contribution in [-0.4, -0.2) is 17.6 Å². The summed E-state index contributed by atoms with van der Waals surface area (Å²) in [5.74, 6) is 1.32. The SMILES string of the molecule is CC(C)c1ccc(N2C(=O)CS[C@@H]2c2cccc(NC(=O)C3CCC3)c2)cc1. The van der Waals surface area contributed by atoms with Crippen LogP contribution in [0.2, 0.25) is 0 Å². The van der Waals surface area contributed by atoms with Crippen LogP contribution in [0.25, 0.3) is 0 Å². The molecule has 0 spiro atoms. The molecular formula is C23H26N2O2S. The fourth-order valence-corrected chi connectivity index (χ4v) is 4.82. The molecule has 4 nitrogen and oxygen atoms in total. The van der Waals surface area contributed by atoms with Crippen molar-refractivity contribution in [3.63, 3.8) is 0 Å². The molecule has 0 unspecified atom stereocenters. The van der Waals surface area contributed by atoms with Gasteiger partial charge in [-0.2, -0.15) is 0 Å². The summed E-state index contributed by atoms with van der Waals surface area (Å²) in [7, 11) is 0. The Morgan fingerprint density at radius 2 is 1.89 bits per heavy atom. The Hall–Kier alpha value is -2.27. The quantitative estimate of drug-likeness (QED) is 0.746. The van der Waals surface area contributed by atoms with Crippen LogP contribution in [0.3, 0.4) is 0 Å². The van der Waals surface area contributed by atoms with Crippen molar-refractivity contribution in [1.29, 1.82) is 0 Å². The van der Waals surface area contributed by atoms with E-state index in [-0.39, 0.29) is 23.1 Å². The second-order valence-corrected chi connectivity index (χ2v) is 8.98. The minimum atomic E-state index is -0.0713. The highest BCUT2D eigenvalue weighted by Gasteiger charge is 2.34. The third-order valence-electron chi connectivity index (χ3n) is 5.62. The molecule has 1 heterocycles. The number of carbonyl (C=O) groups is 2. The van der Waals surface area contributed by atoms with E-state index in [1.165, 1.54) is 5.56 Å². The first-order valence-electron chi connectivity index (χ1n) is 9.97. The topological polar surface area (TPSA) is 49.4 Å². The maximum absolute atomic E-state index is 12.6. The Morgan fingerprint density at radius 3 is 2.54 bits per heavy atom. The van der Waals surface area contributed by atoms with Crippen LogP contribution in [-0.2, 0) is 9.59 Å². The molecular weight excluding hydrogens is 368 g/mol. The predicted molar refractivity (Wildman–Crippen MR) is 116 cm³/mol. The molecule has 1 aliphatic carbocycles. The van der Waals surface area contributed by atoms with E-state index in [1.54, 1.807) is 11.8 Å². The van der Waals surface area contributed by atoms with Crippen LogP contribution in [0.5, 0.6) is 0 Å². The van der Waals surface area contributed by atoms with Gasteiger partial charge < -0.3 is 5.32 Å². The van der Waals surface area contributed by atoms with E-state index < -0.39 is 0 Å². The molecule has 1 N–H and O–H groups in total. The summed E-state index contributed by atoms with van der Waals surface area (Å²) < 4.78 is 0. The second kappa shape index (κ2) is 8.00. The average molecular weight is 395 g/mol. The molecule has 4 rings (SSSR count). The van der Waals surface area contributed by atoms with Gasteiger partial charge in [-0.3, -0.25) is 14.5 Å².